The quantitative estimate of drug-likeness (QED) is 0.544. The minimum Gasteiger partial charge on any atom is -0.352 e. The number of rotatable bonds is 3. The molecule has 4 nitrogen and oxygen atoms in total. The summed E-state index contributed by atoms with van der Waals surface area (Å²) < 4.78 is 0. The Bertz CT molecular complexity index is 152. The van der Waals surface area contributed by atoms with Crippen LogP contribution >= 0.6 is 0 Å². The lowest BCUT2D eigenvalue weighted by molar-refractivity contribution is -0.111. The second-order valence-corrected chi connectivity index (χ2v) is 3.55. The zero-order chi connectivity index (χ0) is 9.03. The first-order valence-electron chi connectivity index (χ1n) is 4.32. The Morgan fingerprint density at radius 2 is 2.17 bits per heavy atom. The van der Waals surface area contributed by atoms with Crippen LogP contribution in [0.3, 0.4) is 0 Å². The van der Waals surface area contributed by atoms with Gasteiger partial charge in [-0.05, 0) is 19.9 Å². The molecule has 0 spiro atoms. The highest BCUT2D eigenvalue weighted by Crippen LogP contribution is 2.19. The zero-order valence-electron chi connectivity index (χ0n) is 7.55. The average Bonchev–Trinajstić information content (AvgIpc) is 2.10. The monoisotopic (exact) mass is 171 g/mol. The van der Waals surface area contributed by atoms with Crippen LogP contribution in [0.15, 0.2) is 0 Å². The van der Waals surface area contributed by atoms with E-state index in [1.165, 1.54) is 0 Å². The lowest BCUT2D eigenvalue weighted by Gasteiger charge is -2.39. The smallest absolute Gasteiger partial charge is 0.207 e. The molecule has 1 rings (SSSR count). The molecule has 1 aliphatic rings. The maximum atomic E-state index is 10.3. The molecule has 1 amide bonds. The van der Waals surface area contributed by atoms with Crippen molar-refractivity contribution in [1.29, 1.82) is 0 Å². The second kappa shape index (κ2) is 3.87. The largest absolute Gasteiger partial charge is 0.352 e. The highest BCUT2D eigenvalue weighted by atomic mass is 16.1. The lowest BCUT2D eigenvalue weighted by Crippen LogP contribution is -2.56. The number of piperidine rings is 1. The van der Waals surface area contributed by atoms with Crippen molar-refractivity contribution in [3.63, 3.8) is 0 Å². The number of carbonyl (C=O) groups excluding carboxylic acids is 1. The maximum absolute atomic E-state index is 10.3. The van der Waals surface area contributed by atoms with E-state index in [2.05, 4.69) is 17.3 Å². The van der Waals surface area contributed by atoms with E-state index in [1.807, 2.05) is 0 Å². The molecule has 0 saturated carbocycles. The van der Waals surface area contributed by atoms with Gasteiger partial charge in [-0.3, -0.25) is 4.79 Å². The minimum absolute atomic E-state index is 0.131. The Morgan fingerprint density at radius 1 is 1.58 bits per heavy atom. The van der Waals surface area contributed by atoms with Crippen LogP contribution in [0, 0.1) is 0 Å². The fraction of sp³-hybridized carbons (Fsp3) is 0.875. The molecule has 0 aromatic carbocycles. The first-order valence-corrected chi connectivity index (χ1v) is 4.32. The molecular formula is C8H17N3O. The number of amides is 1. The predicted octanol–water partition coefficient (Wildman–Crippen LogP) is -0.844. The Hall–Kier alpha value is -0.610. The summed E-state index contributed by atoms with van der Waals surface area (Å²) in [6.07, 6.45) is 2.68. The summed E-state index contributed by atoms with van der Waals surface area (Å²) in [5.74, 6) is 0. The molecule has 0 aromatic rings. The summed E-state index contributed by atoms with van der Waals surface area (Å²) in [4.78, 5) is 12.6. The van der Waals surface area contributed by atoms with E-state index < -0.39 is 0 Å². The fourth-order valence-corrected chi connectivity index (χ4v) is 1.58. The summed E-state index contributed by atoms with van der Waals surface area (Å²) in [6, 6.07) is 0. The van der Waals surface area contributed by atoms with Crippen molar-refractivity contribution in [2.24, 2.45) is 5.73 Å². The van der Waals surface area contributed by atoms with Gasteiger partial charge in [-0.1, -0.05) is 0 Å². The number of nitrogens with two attached hydrogens (primary N) is 1. The molecule has 1 fully saturated rings. The summed E-state index contributed by atoms with van der Waals surface area (Å²) in [5, 5.41) is 2.84. The van der Waals surface area contributed by atoms with Crippen molar-refractivity contribution >= 4 is 6.41 Å². The number of hydrogen-bond donors (Lipinski definition) is 2. The first-order chi connectivity index (χ1) is 5.72. The molecule has 1 heterocycles. The topological polar surface area (TPSA) is 58.4 Å². The molecule has 4 heteroatoms. The van der Waals surface area contributed by atoms with Crippen molar-refractivity contribution in [3.8, 4) is 0 Å². The highest BCUT2D eigenvalue weighted by Gasteiger charge is 2.31. The van der Waals surface area contributed by atoms with Crippen LogP contribution in [0.4, 0.5) is 0 Å². The van der Waals surface area contributed by atoms with E-state index in [1.54, 1.807) is 0 Å². The van der Waals surface area contributed by atoms with Crippen molar-refractivity contribution in [3.05, 3.63) is 0 Å². The normalized spacial score (nSPS) is 23.5. The molecule has 0 radical (unpaired) electrons. The van der Waals surface area contributed by atoms with Gasteiger partial charge >= 0.3 is 0 Å². The molecule has 1 saturated heterocycles. The number of hydrogen-bond acceptors (Lipinski definition) is 3. The maximum Gasteiger partial charge on any atom is 0.207 e. The second-order valence-electron chi connectivity index (χ2n) is 3.55. The third-order valence-corrected chi connectivity index (χ3v) is 2.70. The van der Waals surface area contributed by atoms with E-state index in [0.29, 0.717) is 6.54 Å². The zero-order valence-corrected chi connectivity index (χ0v) is 7.55. The van der Waals surface area contributed by atoms with Gasteiger partial charge in [0.05, 0.1) is 5.54 Å². The van der Waals surface area contributed by atoms with Crippen molar-refractivity contribution < 1.29 is 4.79 Å². The summed E-state index contributed by atoms with van der Waals surface area (Å²) >= 11 is 0. The van der Waals surface area contributed by atoms with Gasteiger partial charge in [0.2, 0.25) is 6.41 Å². The Balaban J connectivity index is 2.50. The van der Waals surface area contributed by atoms with Crippen LogP contribution in [-0.4, -0.2) is 43.5 Å². The molecule has 70 valence electrons. The SMILES string of the molecule is CN1CCC(CN)(NC=O)CC1. The Morgan fingerprint density at radius 3 is 2.58 bits per heavy atom. The van der Waals surface area contributed by atoms with Gasteiger partial charge in [0.25, 0.3) is 0 Å². The summed E-state index contributed by atoms with van der Waals surface area (Å²) in [5.41, 5.74) is 5.50. The van der Waals surface area contributed by atoms with Gasteiger partial charge in [-0.25, -0.2) is 0 Å². The van der Waals surface area contributed by atoms with E-state index in [9.17, 15) is 4.79 Å². The van der Waals surface area contributed by atoms with Gasteiger partial charge in [0, 0.05) is 19.6 Å². The average molecular weight is 171 g/mol. The van der Waals surface area contributed by atoms with Crippen LogP contribution < -0.4 is 11.1 Å². The Kier molecular flexibility index (Phi) is 3.05. The molecular weight excluding hydrogens is 154 g/mol. The molecule has 1 aliphatic heterocycles. The van der Waals surface area contributed by atoms with E-state index in [0.717, 1.165) is 32.3 Å². The van der Waals surface area contributed by atoms with Gasteiger partial charge in [0.1, 0.15) is 0 Å². The van der Waals surface area contributed by atoms with Gasteiger partial charge in [-0.2, -0.15) is 0 Å². The molecule has 0 aromatic heterocycles. The van der Waals surface area contributed by atoms with Crippen LogP contribution in [-0.2, 0) is 4.79 Å². The van der Waals surface area contributed by atoms with Gasteiger partial charge in [-0.15, -0.1) is 0 Å². The molecule has 0 atom stereocenters. The van der Waals surface area contributed by atoms with Crippen LogP contribution in [0.2, 0.25) is 0 Å². The standard InChI is InChI=1S/C8H17N3O/c1-11-4-2-8(6-9,3-5-11)10-7-12/h7H,2-6,9H2,1H3,(H,10,12). The number of nitrogens with zero attached hydrogens (tertiary/aromatic N) is 1. The van der Waals surface area contributed by atoms with Crippen LogP contribution in [0.1, 0.15) is 12.8 Å². The first kappa shape index (κ1) is 9.48. The molecule has 3 N–H and O–H groups in total. The third kappa shape index (κ3) is 1.95. The molecule has 0 bridgehead atoms. The van der Waals surface area contributed by atoms with Crippen LogP contribution in [0.25, 0.3) is 0 Å². The van der Waals surface area contributed by atoms with E-state index in [4.69, 9.17) is 5.73 Å². The summed E-state index contributed by atoms with van der Waals surface area (Å²) in [7, 11) is 2.08. The number of likely N-dealkylation sites (tertiary alicyclic amines) is 1. The molecule has 12 heavy (non-hydrogen) atoms. The van der Waals surface area contributed by atoms with Crippen molar-refractivity contribution in [2.45, 2.75) is 18.4 Å². The van der Waals surface area contributed by atoms with Crippen molar-refractivity contribution in [1.82, 2.24) is 10.2 Å². The van der Waals surface area contributed by atoms with E-state index >= 15 is 0 Å². The highest BCUT2D eigenvalue weighted by molar-refractivity contribution is 5.48. The van der Waals surface area contributed by atoms with Gasteiger partial charge in [0.15, 0.2) is 0 Å². The lowest BCUT2D eigenvalue weighted by atomic mass is 9.88. The molecule has 0 aliphatic carbocycles. The minimum atomic E-state index is -0.131. The van der Waals surface area contributed by atoms with Gasteiger partial charge < -0.3 is 16.0 Å². The Labute approximate surface area is 73.1 Å². The van der Waals surface area contributed by atoms with Crippen molar-refractivity contribution in [2.75, 3.05) is 26.7 Å². The fourth-order valence-electron chi connectivity index (χ4n) is 1.58. The third-order valence-electron chi connectivity index (χ3n) is 2.70. The predicted molar refractivity (Wildman–Crippen MR) is 47.7 cm³/mol. The van der Waals surface area contributed by atoms with Crippen LogP contribution in [0.5, 0.6) is 0 Å². The number of carbonyl (C=O) groups is 1. The summed E-state index contributed by atoms with van der Waals surface area (Å²) in [6.45, 7) is 2.57. The molecule has 0 unspecified atom stereocenters. The van der Waals surface area contributed by atoms with E-state index in [-0.39, 0.29) is 5.54 Å². The number of nitrogens with one attached hydrogen (secondary N) is 1.